The maximum Gasteiger partial charge on any atom is 0.322 e. The summed E-state index contributed by atoms with van der Waals surface area (Å²) in [6.45, 7) is 2.04. The van der Waals surface area contributed by atoms with E-state index in [1.165, 1.54) is 5.56 Å². The van der Waals surface area contributed by atoms with Crippen molar-refractivity contribution in [3.05, 3.63) is 71.1 Å². The van der Waals surface area contributed by atoms with E-state index in [9.17, 15) is 4.79 Å². The monoisotopic (exact) mass is 336 g/mol. The Labute approximate surface area is 146 Å². The number of nitrogens with zero attached hydrogens (tertiary/aromatic N) is 3. The Morgan fingerprint density at radius 2 is 1.72 bits per heavy atom. The van der Waals surface area contributed by atoms with Crippen molar-refractivity contribution in [2.75, 3.05) is 24.3 Å². The van der Waals surface area contributed by atoms with Gasteiger partial charge in [0.25, 0.3) is 5.91 Å². The predicted molar refractivity (Wildman–Crippen MR) is 97.0 cm³/mol. The third-order valence-corrected chi connectivity index (χ3v) is 3.81. The fourth-order valence-corrected chi connectivity index (χ4v) is 2.34. The Bertz CT molecular complexity index is 852. The van der Waals surface area contributed by atoms with Crippen LogP contribution in [-0.2, 0) is 6.42 Å². The lowest BCUT2D eigenvalue weighted by atomic mass is 10.1. The summed E-state index contributed by atoms with van der Waals surface area (Å²) in [4.78, 5) is 14.2. The number of aromatic nitrogens is 2. The van der Waals surface area contributed by atoms with Crippen molar-refractivity contribution in [3.8, 4) is 0 Å². The molecule has 1 aromatic heterocycles. The number of carbonyl (C=O) groups is 1. The van der Waals surface area contributed by atoms with Crippen molar-refractivity contribution < 1.29 is 9.21 Å². The predicted octanol–water partition coefficient (Wildman–Crippen LogP) is 3.29. The van der Waals surface area contributed by atoms with Crippen LogP contribution in [0.1, 0.15) is 27.4 Å². The van der Waals surface area contributed by atoms with Crippen molar-refractivity contribution in [3.63, 3.8) is 0 Å². The molecule has 1 heterocycles. The molecule has 3 aromatic rings. The number of benzene rings is 2. The van der Waals surface area contributed by atoms with Gasteiger partial charge in [0.1, 0.15) is 0 Å². The van der Waals surface area contributed by atoms with Crippen LogP contribution in [0.25, 0.3) is 0 Å². The molecule has 0 saturated heterocycles. The van der Waals surface area contributed by atoms with Gasteiger partial charge in [0.05, 0.1) is 6.42 Å². The van der Waals surface area contributed by atoms with Crippen molar-refractivity contribution in [2.24, 2.45) is 0 Å². The zero-order valence-corrected chi connectivity index (χ0v) is 14.5. The van der Waals surface area contributed by atoms with E-state index in [0.717, 1.165) is 11.3 Å². The van der Waals surface area contributed by atoms with Crippen LogP contribution < -0.4 is 10.2 Å². The maximum atomic E-state index is 12.2. The standard InChI is InChI=1S/C19H20N4O2/c1-13-4-6-14(7-5-13)12-17-21-22-19(25-17)20-18(24)15-8-10-16(11-9-15)23(2)3/h4-11H,12H2,1-3H3,(H,20,22,24). The summed E-state index contributed by atoms with van der Waals surface area (Å²) in [7, 11) is 3.90. The molecule has 0 atom stereocenters. The average molecular weight is 336 g/mol. The average Bonchev–Trinajstić information content (AvgIpc) is 3.04. The molecule has 25 heavy (non-hydrogen) atoms. The molecule has 128 valence electrons. The quantitative estimate of drug-likeness (QED) is 0.774. The summed E-state index contributed by atoms with van der Waals surface area (Å²) in [5.74, 6) is 0.179. The molecular formula is C19H20N4O2. The first kappa shape index (κ1) is 16.7. The summed E-state index contributed by atoms with van der Waals surface area (Å²) in [6.07, 6.45) is 0.528. The number of rotatable bonds is 5. The second-order valence-electron chi connectivity index (χ2n) is 6.06. The first-order chi connectivity index (χ1) is 12.0. The second-order valence-corrected chi connectivity index (χ2v) is 6.06. The lowest BCUT2D eigenvalue weighted by Gasteiger charge is -2.12. The summed E-state index contributed by atoms with van der Waals surface area (Å²) in [5, 5.41) is 10.5. The molecule has 0 aliphatic rings. The molecule has 0 aliphatic carbocycles. The highest BCUT2D eigenvalue weighted by Gasteiger charge is 2.12. The van der Waals surface area contributed by atoms with Crippen molar-refractivity contribution in [1.82, 2.24) is 10.2 Å². The van der Waals surface area contributed by atoms with Crippen molar-refractivity contribution >= 4 is 17.6 Å². The van der Waals surface area contributed by atoms with E-state index in [0.29, 0.717) is 17.9 Å². The minimum absolute atomic E-state index is 0.101. The normalized spacial score (nSPS) is 10.5. The fourth-order valence-electron chi connectivity index (χ4n) is 2.34. The van der Waals surface area contributed by atoms with E-state index in [2.05, 4.69) is 15.5 Å². The SMILES string of the molecule is Cc1ccc(Cc2nnc(NC(=O)c3ccc(N(C)C)cc3)o2)cc1. The highest BCUT2D eigenvalue weighted by Crippen LogP contribution is 2.15. The van der Waals surface area contributed by atoms with Crippen LogP contribution in [0.4, 0.5) is 11.7 Å². The zero-order valence-electron chi connectivity index (χ0n) is 14.5. The molecule has 0 saturated carbocycles. The molecule has 0 aliphatic heterocycles. The Morgan fingerprint density at radius 3 is 2.36 bits per heavy atom. The lowest BCUT2D eigenvalue weighted by Crippen LogP contribution is -2.13. The molecule has 1 amide bonds. The van der Waals surface area contributed by atoms with Gasteiger partial charge in [-0.2, -0.15) is 0 Å². The van der Waals surface area contributed by atoms with E-state index >= 15 is 0 Å². The number of amides is 1. The highest BCUT2D eigenvalue weighted by atomic mass is 16.4. The summed E-state index contributed by atoms with van der Waals surface area (Å²) >= 11 is 0. The van der Waals surface area contributed by atoms with Crippen molar-refractivity contribution in [2.45, 2.75) is 13.3 Å². The topological polar surface area (TPSA) is 71.3 Å². The van der Waals surface area contributed by atoms with E-state index in [-0.39, 0.29) is 11.9 Å². The Morgan fingerprint density at radius 1 is 1.04 bits per heavy atom. The largest absolute Gasteiger partial charge is 0.407 e. The van der Waals surface area contributed by atoms with E-state index in [4.69, 9.17) is 4.42 Å². The van der Waals surface area contributed by atoms with Gasteiger partial charge in [0.2, 0.25) is 5.89 Å². The lowest BCUT2D eigenvalue weighted by molar-refractivity contribution is 0.102. The number of hydrogen-bond acceptors (Lipinski definition) is 5. The summed E-state index contributed by atoms with van der Waals surface area (Å²) in [5.41, 5.74) is 3.83. The van der Waals surface area contributed by atoms with Gasteiger partial charge in [-0.25, -0.2) is 0 Å². The van der Waals surface area contributed by atoms with Crippen LogP contribution >= 0.6 is 0 Å². The van der Waals surface area contributed by atoms with E-state index in [1.54, 1.807) is 12.1 Å². The second kappa shape index (κ2) is 7.17. The van der Waals surface area contributed by atoms with Crippen LogP contribution in [0.3, 0.4) is 0 Å². The maximum absolute atomic E-state index is 12.2. The summed E-state index contributed by atoms with van der Waals surface area (Å²) < 4.78 is 5.51. The smallest absolute Gasteiger partial charge is 0.322 e. The minimum atomic E-state index is -0.282. The molecular weight excluding hydrogens is 316 g/mol. The Kier molecular flexibility index (Phi) is 4.79. The Hall–Kier alpha value is -3.15. The van der Waals surface area contributed by atoms with Gasteiger partial charge >= 0.3 is 6.01 Å². The van der Waals surface area contributed by atoms with Gasteiger partial charge in [0.15, 0.2) is 0 Å². The van der Waals surface area contributed by atoms with Gasteiger partial charge < -0.3 is 9.32 Å². The van der Waals surface area contributed by atoms with E-state index in [1.807, 2.05) is 62.3 Å². The van der Waals surface area contributed by atoms with Crippen LogP contribution in [0, 0.1) is 6.92 Å². The number of hydrogen-bond donors (Lipinski definition) is 1. The summed E-state index contributed by atoms with van der Waals surface area (Å²) in [6, 6.07) is 15.5. The molecule has 6 nitrogen and oxygen atoms in total. The number of aryl methyl sites for hydroxylation is 1. The third-order valence-electron chi connectivity index (χ3n) is 3.81. The van der Waals surface area contributed by atoms with Gasteiger partial charge in [-0.1, -0.05) is 34.9 Å². The van der Waals surface area contributed by atoms with Gasteiger partial charge in [-0.05, 0) is 36.8 Å². The first-order valence-corrected chi connectivity index (χ1v) is 7.98. The molecule has 1 N–H and O–H groups in total. The molecule has 0 unspecified atom stereocenters. The van der Waals surface area contributed by atoms with Crippen LogP contribution in [0.15, 0.2) is 52.9 Å². The fraction of sp³-hybridized carbons (Fsp3) is 0.211. The van der Waals surface area contributed by atoms with Crippen LogP contribution in [-0.4, -0.2) is 30.2 Å². The minimum Gasteiger partial charge on any atom is -0.407 e. The van der Waals surface area contributed by atoms with Gasteiger partial charge in [-0.15, -0.1) is 5.10 Å². The third kappa shape index (κ3) is 4.23. The Balaban J connectivity index is 1.64. The molecule has 2 aromatic carbocycles. The molecule has 3 rings (SSSR count). The molecule has 0 bridgehead atoms. The number of nitrogens with one attached hydrogen (secondary N) is 1. The first-order valence-electron chi connectivity index (χ1n) is 7.98. The molecule has 6 heteroatoms. The zero-order chi connectivity index (χ0) is 17.8. The molecule has 0 spiro atoms. The van der Waals surface area contributed by atoms with Crippen LogP contribution in [0.5, 0.6) is 0 Å². The van der Waals surface area contributed by atoms with Crippen molar-refractivity contribution in [1.29, 1.82) is 0 Å². The highest BCUT2D eigenvalue weighted by molar-refractivity contribution is 6.03. The van der Waals surface area contributed by atoms with Gasteiger partial charge in [-0.3, -0.25) is 10.1 Å². The molecule has 0 radical (unpaired) electrons. The molecule has 0 fully saturated rings. The van der Waals surface area contributed by atoms with Gasteiger partial charge in [0, 0.05) is 25.3 Å². The number of carbonyl (C=O) groups excluding carboxylic acids is 1. The van der Waals surface area contributed by atoms with Crippen LogP contribution in [0.2, 0.25) is 0 Å². The van der Waals surface area contributed by atoms with E-state index < -0.39 is 0 Å². The number of anilines is 2.